The summed E-state index contributed by atoms with van der Waals surface area (Å²) in [6.07, 6.45) is 4.47. The summed E-state index contributed by atoms with van der Waals surface area (Å²) in [6, 6.07) is 10.5. The molecule has 3 nitrogen and oxygen atoms in total. The Morgan fingerprint density at radius 3 is 2.15 bits per heavy atom. The normalized spacial score (nSPS) is 14.7. The summed E-state index contributed by atoms with van der Waals surface area (Å²) < 4.78 is 5.32. The number of hydrogen-bond donors (Lipinski definition) is 0. The molecule has 0 unspecified atom stereocenters. The molecule has 0 radical (unpaired) electrons. The minimum absolute atomic E-state index is 0.175. The highest BCUT2D eigenvalue weighted by atomic mass is 16.6. The van der Waals surface area contributed by atoms with E-state index >= 15 is 0 Å². The lowest BCUT2D eigenvalue weighted by Gasteiger charge is -2.22. The molecule has 0 saturated heterocycles. The molecule has 1 aromatic carbocycles. The van der Waals surface area contributed by atoms with Crippen LogP contribution < -0.4 is 0 Å². The Morgan fingerprint density at radius 2 is 1.75 bits per heavy atom. The molecule has 1 aromatic rings. The summed E-state index contributed by atoms with van der Waals surface area (Å²) in [7, 11) is 1.78. The van der Waals surface area contributed by atoms with Crippen LogP contribution in [0.4, 0.5) is 4.79 Å². The van der Waals surface area contributed by atoms with Gasteiger partial charge in [-0.15, -0.1) is 0 Å². The van der Waals surface area contributed by atoms with Crippen LogP contribution in [0.25, 0.3) is 0 Å². The van der Waals surface area contributed by atoms with Crippen LogP contribution in [0, 0.1) is 6.92 Å². The molecule has 2 rings (SSSR count). The summed E-state index contributed by atoms with van der Waals surface area (Å²) >= 11 is 0. The van der Waals surface area contributed by atoms with Crippen LogP contribution in [0.15, 0.2) is 30.3 Å². The molecule has 0 N–H and O–H groups in total. The standard InChI is InChI=1S/C10H19NO2.C7H8/c1-8(2)11(3)10(12)13-9-6-4-5-7-9;1-7-5-3-2-4-6-7/h8-9H,4-7H2,1-3H3;2-6H,1H3. The summed E-state index contributed by atoms with van der Waals surface area (Å²) in [4.78, 5) is 13.1. The zero-order valence-corrected chi connectivity index (χ0v) is 13.1. The maximum Gasteiger partial charge on any atom is 0.410 e. The molecule has 3 heteroatoms. The molecule has 1 amide bonds. The van der Waals surface area contributed by atoms with Crippen molar-refractivity contribution in [3.8, 4) is 0 Å². The molecule has 1 aliphatic rings. The first-order valence-electron chi connectivity index (χ1n) is 7.45. The fourth-order valence-electron chi connectivity index (χ4n) is 1.98. The van der Waals surface area contributed by atoms with E-state index in [0.29, 0.717) is 0 Å². The van der Waals surface area contributed by atoms with Gasteiger partial charge in [0.05, 0.1) is 0 Å². The van der Waals surface area contributed by atoms with Crippen molar-refractivity contribution in [1.29, 1.82) is 0 Å². The van der Waals surface area contributed by atoms with E-state index in [0.717, 1.165) is 12.8 Å². The second kappa shape index (κ2) is 8.62. The zero-order chi connectivity index (χ0) is 15.0. The molecule has 1 saturated carbocycles. The first-order chi connectivity index (χ1) is 9.50. The van der Waals surface area contributed by atoms with Gasteiger partial charge < -0.3 is 9.64 Å². The molecule has 112 valence electrons. The van der Waals surface area contributed by atoms with Gasteiger partial charge in [-0.05, 0) is 46.5 Å². The summed E-state index contributed by atoms with van der Waals surface area (Å²) in [5.41, 5.74) is 1.32. The van der Waals surface area contributed by atoms with Gasteiger partial charge in [-0.25, -0.2) is 4.79 Å². The lowest BCUT2D eigenvalue weighted by Crippen LogP contribution is -2.35. The Labute approximate surface area is 122 Å². The zero-order valence-electron chi connectivity index (χ0n) is 13.1. The maximum absolute atomic E-state index is 11.4. The van der Waals surface area contributed by atoms with Gasteiger partial charge in [0.15, 0.2) is 0 Å². The van der Waals surface area contributed by atoms with E-state index in [9.17, 15) is 4.79 Å². The minimum Gasteiger partial charge on any atom is -0.446 e. The number of hydrogen-bond acceptors (Lipinski definition) is 2. The van der Waals surface area contributed by atoms with Gasteiger partial charge in [0, 0.05) is 13.1 Å². The van der Waals surface area contributed by atoms with E-state index in [1.165, 1.54) is 18.4 Å². The molecule has 0 atom stereocenters. The molecular formula is C17H27NO2. The average molecular weight is 277 g/mol. The summed E-state index contributed by atoms with van der Waals surface area (Å²) in [6.45, 7) is 6.05. The number of carbonyl (C=O) groups excluding carboxylic acids is 1. The van der Waals surface area contributed by atoms with Crippen molar-refractivity contribution in [2.75, 3.05) is 7.05 Å². The monoisotopic (exact) mass is 277 g/mol. The van der Waals surface area contributed by atoms with E-state index in [2.05, 4.69) is 19.1 Å². The van der Waals surface area contributed by atoms with E-state index in [-0.39, 0.29) is 18.2 Å². The van der Waals surface area contributed by atoms with Crippen molar-refractivity contribution in [3.63, 3.8) is 0 Å². The molecule has 0 aliphatic heterocycles. The van der Waals surface area contributed by atoms with Crippen LogP contribution in [0.1, 0.15) is 45.1 Å². The van der Waals surface area contributed by atoms with Gasteiger partial charge >= 0.3 is 6.09 Å². The maximum atomic E-state index is 11.4. The Hall–Kier alpha value is -1.51. The van der Waals surface area contributed by atoms with Crippen molar-refractivity contribution < 1.29 is 9.53 Å². The Balaban J connectivity index is 0.000000240. The lowest BCUT2D eigenvalue weighted by molar-refractivity contribution is 0.0652. The largest absolute Gasteiger partial charge is 0.446 e. The number of carbonyl (C=O) groups is 1. The van der Waals surface area contributed by atoms with Crippen LogP contribution >= 0.6 is 0 Å². The molecule has 1 aliphatic carbocycles. The average Bonchev–Trinajstić information content (AvgIpc) is 2.92. The second-order valence-corrected chi connectivity index (χ2v) is 5.65. The van der Waals surface area contributed by atoms with Crippen molar-refractivity contribution in [3.05, 3.63) is 35.9 Å². The molecule has 0 heterocycles. The first-order valence-corrected chi connectivity index (χ1v) is 7.45. The highest BCUT2D eigenvalue weighted by Gasteiger charge is 2.22. The first kappa shape index (κ1) is 16.5. The third kappa shape index (κ3) is 6.09. The van der Waals surface area contributed by atoms with Gasteiger partial charge in [0.2, 0.25) is 0 Å². The van der Waals surface area contributed by atoms with Crippen molar-refractivity contribution >= 4 is 6.09 Å². The number of nitrogens with zero attached hydrogens (tertiary/aromatic N) is 1. The van der Waals surface area contributed by atoms with Crippen LogP contribution in [0.3, 0.4) is 0 Å². The highest BCUT2D eigenvalue weighted by Crippen LogP contribution is 2.21. The van der Waals surface area contributed by atoms with Crippen molar-refractivity contribution in [1.82, 2.24) is 4.90 Å². The topological polar surface area (TPSA) is 29.5 Å². The number of rotatable bonds is 2. The molecule has 0 bridgehead atoms. The predicted molar refractivity (Wildman–Crippen MR) is 82.8 cm³/mol. The number of ether oxygens (including phenoxy) is 1. The SMILES string of the molecule is CC(C)N(C)C(=O)OC1CCCC1.Cc1ccccc1. The lowest BCUT2D eigenvalue weighted by atomic mass is 10.2. The van der Waals surface area contributed by atoms with Crippen LogP contribution in [0.2, 0.25) is 0 Å². The smallest absolute Gasteiger partial charge is 0.410 e. The highest BCUT2D eigenvalue weighted by molar-refractivity contribution is 5.67. The number of aryl methyl sites for hydroxylation is 1. The van der Waals surface area contributed by atoms with Gasteiger partial charge in [0.25, 0.3) is 0 Å². The Morgan fingerprint density at radius 1 is 1.20 bits per heavy atom. The fourth-order valence-corrected chi connectivity index (χ4v) is 1.98. The number of benzene rings is 1. The van der Waals surface area contributed by atoms with Crippen LogP contribution in [-0.2, 0) is 4.74 Å². The molecule has 0 spiro atoms. The Kier molecular flexibility index (Phi) is 7.13. The molecule has 1 fully saturated rings. The van der Waals surface area contributed by atoms with Crippen molar-refractivity contribution in [2.45, 2.75) is 58.6 Å². The minimum atomic E-state index is -0.179. The third-order valence-electron chi connectivity index (χ3n) is 3.57. The summed E-state index contributed by atoms with van der Waals surface area (Å²) in [5, 5.41) is 0. The molecule has 20 heavy (non-hydrogen) atoms. The van der Waals surface area contributed by atoms with Gasteiger partial charge in [0.1, 0.15) is 6.10 Å². The van der Waals surface area contributed by atoms with Crippen molar-refractivity contribution in [2.24, 2.45) is 0 Å². The molecule has 0 aromatic heterocycles. The summed E-state index contributed by atoms with van der Waals surface area (Å²) in [5.74, 6) is 0. The third-order valence-corrected chi connectivity index (χ3v) is 3.57. The van der Waals surface area contributed by atoms with Gasteiger partial charge in [-0.1, -0.05) is 35.9 Å². The fraction of sp³-hybridized carbons (Fsp3) is 0.588. The predicted octanol–water partition coefficient (Wildman–Crippen LogP) is 4.40. The quantitative estimate of drug-likeness (QED) is 0.801. The second-order valence-electron chi connectivity index (χ2n) is 5.65. The van der Waals surface area contributed by atoms with Crippen LogP contribution in [0.5, 0.6) is 0 Å². The molecular weight excluding hydrogens is 250 g/mol. The van der Waals surface area contributed by atoms with E-state index in [4.69, 9.17) is 4.74 Å². The van der Waals surface area contributed by atoms with Crippen LogP contribution in [-0.4, -0.2) is 30.2 Å². The van der Waals surface area contributed by atoms with E-state index in [1.54, 1.807) is 11.9 Å². The van der Waals surface area contributed by atoms with E-state index < -0.39 is 0 Å². The van der Waals surface area contributed by atoms with Gasteiger partial charge in [-0.3, -0.25) is 0 Å². The number of amides is 1. The van der Waals surface area contributed by atoms with Gasteiger partial charge in [-0.2, -0.15) is 0 Å². The van der Waals surface area contributed by atoms with E-state index in [1.807, 2.05) is 32.0 Å². The Bertz CT molecular complexity index is 383.